The van der Waals surface area contributed by atoms with E-state index in [9.17, 15) is 17.6 Å². The molecule has 0 aliphatic rings. The Morgan fingerprint density at radius 3 is 2.38 bits per heavy atom. The molecular weight excluding hydrogens is 284 g/mol. The molecule has 3 N–H and O–H groups in total. The first-order chi connectivity index (χ1) is 9.93. The van der Waals surface area contributed by atoms with Crippen LogP contribution in [-0.4, -0.2) is 0 Å². The van der Waals surface area contributed by atoms with Crippen molar-refractivity contribution in [1.29, 1.82) is 0 Å². The Hall–Kier alpha value is -1.92. The van der Waals surface area contributed by atoms with E-state index in [-0.39, 0.29) is 17.8 Å². The zero-order valence-electron chi connectivity index (χ0n) is 11.3. The van der Waals surface area contributed by atoms with Gasteiger partial charge in [0, 0.05) is 5.56 Å². The summed E-state index contributed by atoms with van der Waals surface area (Å²) in [5, 5.41) is 0. The number of nitrogens with two attached hydrogens (primary N) is 1. The van der Waals surface area contributed by atoms with E-state index in [1.165, 1.54) is 12.1 Å². The second kappa shape index (κ2) is 6.24. The standard InChI is InChI=1S/C15H14F4N2/c1-8-6-10(16)3-2-9(8)7-13(21-20)11-4-5-12(17)15(19)14(11)18/h2-6,13,21H,7,20H2,1H3. The van der Waals surface area contributed by atoms with E-state index in [2.05, 4.69) is 5.43 Å². The molecule has 0 radical (unpaired) electrons. The minimum atomic E-state index is -1.54. The first-order valence-electron chi connectivity index (χ1n) is 6.28. The Labute approximate surface area is 119 Å². The Morgan fingerprint density at radius 2 is 1.76 bits per heavy atom. The summed E-state index contributed by atoms with van der Waals surface area (Å²) in [4.78, 5) is 0. The van der Waals surface area contributed by atoms with Crippen molar-refractivity contribution in [3.63, 3.8) is 0 Å². The van der Waals surface area contributed by atoms with Crippen molar-refractivity contribution < 1.29 is 17.6 Å². The number of benzene rings is 2. The van der Waals surface area contributed by atoms with Crippen LogP contribution in [-0.2, 0) is 6.42 Å². The van der Waals surface area contributed by atoms with E-state index < -0.39 is 23.5 Å². The van der Waals surface area contributed by atoms with Crippen LogP contribution in [0.4, 0.5) is 17.6 Å². The monoisotopic (exact) mass is 298 g/mol. The fourth-order valence-electron chi connectivity index (χ4n) is 2.18. The van der Waals surface area contributed by atoms with E-state index in [4.69, 9.17) is 5.84 Å². The molecule has 0 saturated heterocycles. The van der Waals surface area contributed by atoms with Gasteiger partial charge in [-0.3, -0.25) is 11.3 Å². The van der Waals surface area contributed by atoms with Crippen molar-refractivity contribution in [2.24, 2.45) is 5.84 Å². The van der Waals surface area contributed by atoms with Crippen molar-refractivity contribution in [1.82, 2.24) is 5.43 Å². The van der Waals surface area contributed by atoms with Crippen LogP contribution in [0.2, 0.25) is 0 Å². The van der Waals surface area contributed by atoms with E-state index in [0.29, 0.717) is 5.56 Å². The van der Waals surface area contributed by atoms with Gasteiger partial charge >= 0.3 is 0 Å². The quantitative estimate of drug-likeness (QED) is 0.393. The predicted octanol–water partition coefficient (Wildman–Crippen LogP) is 3.30. The highest BCUT2D eigenvalue weighted by atomic mass is 19.2. The van der Waals surface area contributed by atoms with Gasteiger partial charge in [-0.2, -0.15) is 0 Å². The summed E-state index contributed by atoms with van der Waals surface area (Å²) in [5.74, 6) is 0.923. The lowest BCUT2D eigenvalue weighted by Crippen LogP contribution is -2.30. The Kier molecular flexibility index (Phi) is 4.59. The molecule has 2 aromatic carbocycles. The average molecular weight is 298 g/mol. The van der Waals surface area contributed by atoms with E-state index in [1.807, 2.05) is 0 Å². The lowest BCUT2D eigenvalue weighted by atomic mass is 9.96. The largest absolute Gasteiger partial charge is 0.271 e. The van der Waals surface area contributed by atoms with Gasteiger partial charge in [-0.25, -0.2) is 17.6 Å². The highest BCUT2D eigenvalue weighted by Crippen LogP contribution is 2.25. The Bertz CT molecular complexity index is 658. The van der Waals surface area contributed by atoms with Crippen LogP contribution >= 0.6 is 0 Å². The van der Waals surface area contributed by atoms with Crippen LogP contribution in [0.25, 0.3) is 0 Å². The molecule has 0 bridgehead atoms. The molecule has 0 aliphatic carbocycles. The highest BCUT2D eigenvalue weighted by molar-refractivity contribution is 5.31. The molecule has 112 valence electrons. The SMILES string of the molecule is Cc1cc(F)ccc1CC(NN)c1ccc(F)c(F)c1F. The molecule has 0 aliphatic heterocycles. The summed E-state index contributed by atoms with van der Waals surface area (Å²) in [7, 11) is 0. The molecule has 21 heavy (non-hydrogen) atoms. The summed E-state index contributed by atoms with van der Waals surface area (Å²) in [5.41, 5.74) is 3.68. The second-order valence-electron chi connectivity index (χ2n) is 4.76. The molecule has 1 atom stereocenters. The van der Waals surface area contributed by atoms with Crippen LogP contribution in [0.3, 0.4) is 0 Å². The molecule has 0 saturated carbocycles. The van der Waals surface area contributed by atoms with Crippen LogP contribution in [0.15, 0.2) is 30.3 Å². The van der Waals surface area contributed by atoms with Gasteiger partial charge in [-0.15, -0.1) is 0 Å². The number of halogens is 4. The molecule has 1 unspecified atom stereocenters. The lowest BCUT2D eigenvalue weighted by Gasteiger charge is -2.18. The molecule has 2 aromatic rings. The Morgan fingerprint density at radius 1 is 1.05 bits per heavy atom. The normalized spacial score (nSPS) is 12.5. The topological polar surface area (TPSA) is 38.0 Å². The average Bonchev–Trinajstić information content (AvgIpc) is 2.45. The molecule has 0 spiro atoms. The van der Waals surface area contributed by atoms with Crippen LogP contribution in [0.5, 0.6) is 0 Å². The molecule has 2 nitrogen and oxygen atoms in total. The third-order valence-electron chi connectivity index (χ3n) is 3.37. The summed E-state index contributed by atoms with van der Waals surface area (Å²) in [6.07, 6.45) is 0.213. The van der Waals surface area contributed by atoms with Gasteiger partial charge in [-0.05, 0) is 42.7 Å². The molecule has 0 amide bonds. The zero-order chi connectivity index (χ0) is 15.6. The van der Waals surface area contributed by atoms with Crippen molar-refractivity contribution in [2.45, 2.75) is 19.4 Å². The van der Waals surface area contributed by atoms with Gasteiger partial charge in [0.15, 0.2) is 17.5 Å². The third-order valence-corrected chi connectivity index (χ3v) is 3.37. The summed E-state index contributed by atoms with van der Waals surface area (Å²) in [6, 6.07) is 5.38. The maximum Gasteiger partial charge on any atom is 0.194 e. The van der Waals surface area contributed by atoms with Gasteiger partial charge in [-0.1, -0.05) is 12.1 Å². The minimum absolute atomic E-state index is 0.0832. The number of aryl methyl sites for hydroxylation is 1. The van der Waals surface area contributed by atoms with Gasteiger partial charge in [0.2, 0.25) is 0 Å². The van der Waals surface area contributed by atoms with Gasteiger partial charge in [0.05, 0.1) is 6.04 Å². The molecular formula is C15H14F4N2. The van der Waals surface area contributed by atoms with Gasteiger partial charge < -0.3 is 0 Å². The molecule has 6 heteroatoms. The van der Waals surface area contributed by atoms with Gasteiger partial charge in [0.25, 0.3) is 0 Å². The van der Waals surface area contributed by atoms with Crippen molar-refractivity contribution in [3.05, 3.63) is 70.3 Å². The van der Waals surface area contributed by atoms with E-state index in [0.717, 1.165) is 17.7 Å². The summed E-state index contributed by atoms with van der Waals surface area (Å²) >= 11 is 0. The van der Waals surface area contributed by atoms with Crippen molar-refractivity contribution >= 4 is 0 Å². The fraction of sp³-hybridized carbons (Fsp3) is 0.200. The fourth-order valence-corrected chi connectivity index (χ4v) is 2.18. The maximum absolute atomic E-state index is 13.8. The van der Waals surface area contributed by atoms with Crippen LogP contribution < -0.4 is 11.3 Å². The first kappa shape index (κ1) is 15.5. The highest BCUT2D eigenvalue weighted by Gasteiger charge is 2.21. The maximum atomic E-state index is 13.8. The molecule has 0 heterocycles. The third kappa shape index (κ3) is 3.22. The molecule has 0 aromatic heterocycles. The van der Waals surface area contributed by atoms with Crippen LogP contribution in [0.1, 0.15) is 22.7 Å². The predicted molar refractivity (Wildman–Crippen MR) is 71.2 cm³/mol. The number of hydrogen-bond donors (Lipinski definition) is 2. The summed E-state index contributed by atoms with van der Waals surface area (Å²) < 4.78 is 53.1. The molecule has 0 fully saturated rings. The van der Waals surface area contributed by atoms with E-state index in [1.54, 1.807) is 13.0 Å². The number of rotatable bonds is 4. The second-order valence-corrected chi connectivity index (χ2v) is 4.76. The zero-order valence-corrected chi connectivity index (χ0v) is 11.3. The van der Waals surface area contributed by atoms with Crippen molar-refractivity contribution in [2.75, 3.05) is 0 Å². The minimum Gasteiger partial charge on any atom is -0.271 e. The lowest BCUT2D eigenvalue weighted by molar-refractivity contribution is 0.424. The van der Waals surface area contributed by atoms with E-state index >= 15 is 0 Å². The number of hydrogen-bond acceptors (Lipinski definition) is 2. The summed E-state index contributed by atoms with van der Waals surface area (Å²) in [6.45, 7) is 1.70. The molecule has 2 rings (SSSR count). The van der Waals surface area contributed by atoms with Gasteiger partial charge in [0.1, 0.15) is 5.82 Å². The first-order valence-corrected chi connectivity index (χ1v) is 6.28. The Balaban J connectivity index is 2.34. The van der Waals surface area contributed by atoms with Crippen LogP contribution in [0, 0.1) is 30.2 Å². The number of hydrazine groups is 1. The smallest absolute Gasteiger partial charge is 0.194 e. The van der Waals surface area contributed by atoms with Crippen molar-refractivity contribution in [3.8, 4) is 0 Å². The number of nitrogens with one attached hydrogen (secondary N) is 1.